The molecule has 1 nitrogen and oxygen atoms in total. The van der Waals surface area contributed by atoms with Crippen molar-refractivity contribution >= 4 is 5.78 Å². The van der Waals surface area contributed by atoms with E-state index in [0.29, 0.717) is 5.78 Å². The molecular formula is C17H24O. The van der Waals surface area contributed by atoms with E-state index in [1.165, 1.54) is 38.5 Å². The zero-order valence-electron chi connectivity index (χ0n) is 11.2. The summed E-state index contributed by atoms with van der Waals surface area (Å²) in [6, 6.07) is 0. The second-order valence-corrected chi connectivity index (χ2v) is 7.18. The molecule has 6 atom stereocenters. The van der Waals surface area contributed by atoms with Crippen molar-refractivity contribution in [2.24, 2.45) is 35.5 Å². The molecule has 0 saturated heterocycles. The summed E-state index contributed by atoms with van der Waals surface area (Å²) < 4.78 is 0. The van der Waals surface area contributed by atoms with Crippen LogP contribution in [-0.2, 0) is 4.79 Å². The molecule has 0 aromatic heterocycles. The second kappa shape index (κ2) is 4.21. The molecule has 4 rings (SSSR count). The van der Waals surface area contributed by atoms with Gasteiger partial charge >= 0.3 is 0 Å². The van der Waals surface area contributed by atoms with Crippen LogP contribution in [0.15, 0.2) is 12.2 Å². The molecule has 0 spiro atoms. The van der Waals surface area contributed by atoms with Crippen LogP contribution in [0.25, 0.3) is 0 Å². The van der Waals surface area contributed by atoms with Crippen LogP contribution in [0.2, 0.25) is 0 Å². The number of Topliss-reactive ketones (excluding diaryl/α,β-unsaturated/α-hetero) is 1. The van der Waals surface area contributed by atoms with Crippen molar-refractivity contribution in [3.63, 3.8) is 0 Å². The van der Waals surface area contributed by atoms with Crippen molar-refractivity contribution in [2.45, 2.75) is 51.4 Å². The van der Waals surface area contributed by atoms with Gasteiger partial charge in [-0.3, -0.25) is 4.79 Å². The number of carbonyl (C=O) groups excluding carboxylic acids is 1. The number of carbonyl (C=O) groups is 1. The third-order valence-corrected chi connectivity index (χ3v) is 6.56. The molecule has 0 aliphatic heterocycles. The lowest BCUT2D eigenvalue weighted by molar-refractivity contribution is -0.126. The fraction of sp³-hybridized carbons (Fsp3) is 0.824. The minimum Gasteiger partial charge on any atom is -0.300 e. The van der Waals surface area contributed by atoms with Crippen LogP contribution >= 0.6 is 0 Å². The summed E-state index contributed by atoms with van der Waals surface area (Å²) >= 11 is 0. The Labute approximate surface area is 110 Å². The van der Waals surface area contributed by atoms with Crippen molar-refractivity contribution in [3.05, 3.63) is 12.2 Å². The molecule has 0 amide bonds. The first kappa shape index (κ1) is 11.3. The third-order valence-electron chi connectivity index (χ3n) is 6.56. The molecule has 4 aliphatic rings. The number of hydrogen-bond acceptors (Lipinski definition) is 1. The molecular weight excluding hydrogens is 220 g/mol. The first-order valence-electron chi connectivity index (χ1n) is 8.01. The van der Waals surface area contributed by atoms with Gasteiger partial charge in [0.15, 0.2) is 0 Å². The van der Waals surface area contributed by atoms with E-state index in [2.05, 4.69) is 12.2 Å². The minimum absolute atomic E-state index is 0.559. The Morgan fingerprint density at radius 3 is 2.67 bits per heavy atom. The van der Waals surface area contributed by atoms with Gasteiger partial charge in [-0.2, -0.15) is 0 Å². The van der Waals surface area contributed by atoms with E-state index < -0.39 is 0 Å². The van der Waals surface area contributed by atoms with Gasteiger partial charge in [0, 0.05) is 12.8 Å². The number of allylic oxidation sites excluding steroid dienone is 2. The molecule has 4 aliphatic carbocycles. The lowest BCUT2D eigenvalue weighted by atomic mass is 9.53. The SMILES string of the molecule is O=C1CCC2CCC3C4CC=CC4CCC3C2C1. The van der Waals surface area contributed by atoms with Crippen LogP contribution in [0.3, 0.4) is 0 Å². The number of fused-ring (bicyclic) bond motifs is 5. The average Bonchev–Trinajstić information content (AvgIpc) is 2.86. The van der Waals surface area contributed by atoms with Gasteiger partial charge in [0.2, 0.25) is 0 Å². The molecule has 18 heavy (non-hydrogen) atoms. The van der Waals surface area contributed by atoms with Crippen molar-refractivity contribution in [2.75, 3.05) is 0 Å². The molecule has 3 fully saturated rings. The summed E-state index contributed by atoms with van der Waals surface area (Å²) in [6.45, 7) is 0. The molecule has 6 unspecified atom stereocenters. The smallest absolute Gasteiger partial charge is 0.133 e. The lowest BCUT2D eigenvalue weighted by Crippen LogP contribution is -2.44. The van der Waals surface area contributed by atoms with Gasteiger partial charge in [-0.15, -0.1) is 0 Å². The Balaban J connectivity index is 1.57. The maximum atomic E-state index is 11.8. The largest absolute Gasteiger partial charge is 0.300 e. The fourth-order valence-corrected chi connectivity index (χ4v) is 5.76. The van der Waals surface area contributed by atoms with Crippen LogP contribution < -0.4 is 0 Å². The van der Waals surface area contributed by atoms with Gasteiger partial charge in [0.1, 0.15) is 5.78 Å². The van der Waals surface area contributed by atoms with Crippen LogP contribution in [0.5, 0.6) is 0 Å². The molecule has 0 aromatic carbocycles. The first-order chi connectivity index (χ1) is 8.83. The second-order valence-electron chi connectivity index (χ2n) is 7.18. The summed E-state index contributed by atoms with van der Waals surface area (Å²) in [5.74, 6) is 5.91. The highest BCUT2D eigenvalue weighted by Gasteiger charge is 2.48. The highest BCUT2D eigenvalue weighted by Crippen LogP contribution is 2.56. The van der Waals surface area contributed by atoms with E-state index in [9.17, 15) is 4.79 Å². The number of hydrogen-bond donors (Lipinski definition) is 0. The number of rotatable bonds is 0. The van der Waals surface area contributed by atoms with Crippen LogP contribution in [0, 0.1) is 35.5 Å². The van der Waals surface area contributed by atoms with Crippen LogP contribution in [0.1, 0.15) is 51.4 Å². The number of ketones is 1. The van der Waals surface area contributed by atoms with E-state index in [4.69, 9.17) is 0 Å². The molecule has 1 heteroatoms. The zero-order valence-corrected chi connectivity index (χ0v) is 11.2. The lowest BCUT2D eigenvalue weighted by Gasteiger charge is -2.51. The Morgan fingerprint density at radius 2 is 1.72 bits per heavy atom. The van der Waals surface area contributed by atoms with Crippen LogP contribution in [-0.4, -0.2) is 5.78 Å². The molecule has 98 valence electrons. The first-order valence-corrected chi connectivity index (χ1v) is 8.01. The monoisotopic (exact) mass is 244 g/mol. The van der Waals surface area contributed by atoms with Crippen molar-refractivity contribution in [3.8, 4) is 0 Å². The topological polar surface area (TPSA) is 17.1 Å². The van der Waals surface area contributed by atoms with Gasteiger partial charge in [-0.25, -0.2) is 0 Å². The van der Waals surface area contributed by atoms with Crippen molar-refractivity contribution in [1.82, 2.24) is 0 Å². The molecule has 0 N–H and O–H groups in total. The standard InChI is InChI=1S/C17H24O/c18-13-7-4-12-6-8-15-14-3-1-2-11(14)5-9-16(15)17(12)10-13/h1-2,11-12,14-17H,3-10H2. The zero-order chi connectivity index (χ0) is 12.1. The Bertz CT molecular complexity index is 383. The fourth-order valence-electron chi connectivity index (χ4n) is 5.76. The maximum Gasteiger partial charge on any atom is 0.133 e. The summed E-state index contributed by atoms with van der Waals surface area (Å²) in [5.41, 5.74) is 0. The molecule has 0 heterocycles. The third kappa shape index (κ3) is 1.62. The van der Waals surface area contributed by atoms with Gasteiger partial charge in [0.25, 0.3) is 0 Å². The van der Waals surface area contributed by atoms with Crippen LogP contribution in [0.4, 0.5) is 0 Å². The molecule has 3 saturated carbocycles. The average molecular weight is 244 g/mol. The van der Waals surface area contributed by atoms with E-state index >= 15 is 0 Å². The summed E-state index contributed by atoms with van der Waals surface area (Å²) in [7, 11) is 0. The summed E-state index contributed by atoms with van der Waals surface area (Å²) in [6.07, 6.45) is 14.9. The Morgan fingerprint density at radius 1 is 0.889 bits per heavy atom. The Kier molecular flexibility index (Phi) is 2.63. The molecule has 0 bridgehead atoms. The summed E-state index contributed by atoms with van der Waals surface area (Å²) in [4.78, 5) is 11.8. The molecule has 0 aromatic rings. The quantitative estimate of drug-likeness (QED) is 0.589. The van der Waals surface area contributed by atoms with Crippen molar-refractivity contribution in [1.29, 1.82) is 0 Å². The van der Waals surface area contributed by atoms with E-state index in [1.807, 2.05) is 0 Å². The predicted octanol–water partition coefficient (Wildman–Crippen LogP) is 3.98. The van der Waals surface area contributed by atoms with E-state index in [-0.39, 0.29) is 0 Å². The minimum atomic E-state index is 0.559. The predicted molar refractivity (Wildman–Crippen MR) is 72.0 cm³/mol. The highest BCUT2D eigenvalue weighted by molar-refractivity contribution is 5.79. The maximum absolute atomic E-state index is 11.8. The Hall–Kier alpha value is -0.590. The normalized spacial score (nSPS) is 50.6. The van der Waals surface area contributed by atoms with E-state index in [1.54, 1.807) is 0 Å². The van der Waals surface area contributed by atoms with Gasteiger partial charge in [0.05, 0.1) is 0 Å². The molecule has 0 radical (unpaired) electrons. The van der Waals surface area contributed by atoms with E-state index in [0.717, 1.165) is 48.3 Å². The highest BCUT2D eigenvalue weighted by atomic mass is 16.1. The van der Waals surface area contributed by atoms with Gasteiger partial charge in [-0.1, -0.05) is 12.2 Å². The van der Waals surface area contributed by atoms with Gasteiger partial charge < -0.3 is 0 Å². The van der Waals surface area contributed by atoms with Crippen molar-refractivity contribution < 1.29 is 4.79 Å². The summed E-state index contributed by atoms with van der Waals surface area (Å²) in [5, 5.41) is 0. The van der Waals surface area contributed by atoms with Gasteiger partial charge in [-0.05, 0) is 74.0 Å².